The van der Waals surface area contributed by atoms with Crippen LogP contribution in [-0.4, -0.2) is 17.5 Å². The van der Waals surface area contributed by atoms with Crippen LogP contribution < -0.4 is 0 Å². The van der Waals surface area contributed by atoms with Gasteiger partial charge in [-0.25, -0.2) is 0 Å². The largest absolute Gasteiger partial charge is 0.396 e. The molecule has 0 radical (unpaired) electrons. The van der Waals surface area contributed by atoms with Crippen molar-refractivity contribution in [1.29, 1.82) is 0 Å². The van der Waals surface area contributed by atoms with Crippen molar-refractivity contribution in [2.24, 2.45) is 16.2 Å². The van der Waals surface area contributed by atoms with Crippen LogP contribution >= 0.6 is 12.6 Å². The number of thiol groups is 1. The highest BCUT2D eigenvalue weighted by molar-refractivity contribution is 7.80. The van der Waals surface area contributed by atoms with Gasteiger partial charge in [0, 0.05) is 6.61 Å². The molecule has 2 atom stereocenters. The minimum absolute atomic E-state index is 0.308. The van der Waals surface area contributed by atoms with Gasteiger partial charge in [0.2, 0.25) is 0 Å². The van der Waals surface area contributed by atoms with Gasteiger partial charge in [-0.1, -0.05) is 174 Å². The van der Waals surface area contributed by atoms with Gasteiger partial charge in [0.1, 0.15) is 0 Å². The minimum atomic E-state index is 0.308. The van der Waals surface area contributed by atoms with Crippen LogP contribution in [0.5, 0.6) is 0 Å². The van der Waals surface area contributed by atoms with Gasteiger partial charge in [0.25, 0.3) is 0 Å². The maximum absolute atomic E-state index is 10.00. The molecule has 2 aliphatic rings. The molecule has 0 bridgehead atoms. The molecule has 2 fully saturated rings. The molecule has 2 saturated carbocycles. The monoisotopic (exact) mass is 593 g/mol. The van der Waals surface area contributed by atoms with E-state index in [9.17, 15) is 5.11 Å². The van der Waals surface area contributed by atoms with Crippen LogP contribution in [0.25, 0.3) is 0 Å². The smallest absolute Gasteiger partial charge is 0.0436 e. The Bertz CT molecular complexity index is 590. The van der Waals surface area contributed by atoms with Crippen molar-refractivity contribution in [2.75, 3.05) is 12.4 Å². The highest BCUT2D eigenvalue weighted by Crippen LogP contribution is 2.54. The summed E-state index contributed by atoms with van der Waals surface area (Å²) in [4.78, 5) is 0. The van der Waals surface area contributed by atoms with Gasteiger partial charge >= 0.3 is 0 Å². The van der Waals surface area contributed by atoms with Gasteiger partial charge in [-0.15, -0.1) is 0 Å². The number of rotatable bonds is 4. The van der Waals surface area contributed by atoms with E-state index in [0.29, 0.717) is 22.9 Å². The van der Waals surface area contributed by atoms with E-state index in [1.807, 2.05) is 0 Å². The Kier molecular flexibility index (Phi) is 20.8. The van der Waals surface area contributed by atoms with Crippen LogP contribution in [0, 0.1) is 16.2 Å². The molecule has 2 aliphatic carbocycles. The van der Waals surface area contributed by atoms with Crippen LogP contribution in [-0.2, 0) is 0 Å². The van der Waals surface area contributed by atoms with Gasteiger partial charge in [-0.05, 0) is 66.9 Å². The summed E-state index contributed by atoms with van der Waals surface area (Å²) >= 11 is 5.25. The van der Waals surface area contributed by atoms with Crippen LogP contribution in [0.3, 0.4) is 0 Å². The van der Waals surface area contributed by atoms with E-state index in [1.165, 1.54) is 199 Å². The lowest BCUT2D eigenvalue weighted by Crippen LogP contribution is -2.42. The van der Waals surface area contributed by atoms with E-state index >= 15 is 0 Å². The molecular weight excluding hydrogens is 516 g/mol. The molecule has 2 unspecified atom stereocenters. The number of hydrogen-bond acceptors (Lipinski definition) is 2. The lowest BCUT2D eigenvalue weighted by molar-refractivity contribution is 0.0218. The van der Waals surface area contributed by atoms with Crippen LogP contribution in [0.15, 0.2) is 0 Å². The van der Waals surface area contributed by atoms with Crippen molar-refractivity contribution in [2.45, 2.75) is 219 Å². The zero-order chi connectivity index (χ0) is 29.5. The summed E-state index contributed by atoms with van der Waals surface area (Å²) in [5.41, 5.74) is 1.10. The summed E-state index contributed by atoms with van der Waals surface area (Å²) in [5.74, 6) is 1.07. The van der Waals surface area contributed by atoms with E-state index in [4.69, 9.17) is 12.6 Å². The molecule has 0 aromatic rings. The molecule has 1 nitrogen and oxygen atoms in total. The van der Waals surface area contributed by atoms with E-state index < -0.39 is 0 Å². The Labute approximate surface area is 265 Å². The summed E-state index contributed by atoms with van der Waals surface area (Å²) in [6, 6.07) is 0. The SMILES string of the molecule is CC1(CCO)CCCCCCCCCCCCCCCC(CS)(C2(C)CCCCCCCCCCCCC2)CCC1. The van der Waals surface area contributed by atoms with E-state index in [2.05, 4.69) is 13.8 Å². The summed E-state index contributed by atoms with van der Waals surface area (Å²) in [5, 5.41) is 10.00. The lowest BCUT2D eigenvalue weighted by Gasteiger charge is -2.50. The average Bonchev–Trinajstić information content (AvgIpc) is 2.96. The van der Waals surface area contributed by atoms with Gasteiger partial charge in [0.15, 0.2) is 0 Å². The highest BCUT2D eigenvalue weighted by atomic mass is 32.1. The maximum Gasteiger partial charge on any atom is 0.0436 e. The molecular formula is C39H76OS. The fourth-order valence-corrected chi connectivity index (χ4v) is 9.51. The second kappa shape index (κ2) is 22.8. The van der Waals surface area contributed by atoms with Crippen molar-refractivity contribution < 1.29 is 5.11 Å². The zero-order valence-corrected chi connectivity index (χ0v) is 29.3. The van der Waals surface area contributed by atoms with Crippen LogP contribution in [0.1, 0.15) is 219 Å². The Hall–Kier alpha value is 0.310. The number of aliphatic hydroxyl groups excluding tert-OH is 1. The van der Waals surface area contributed by atoms with E-state index in [0.717, 1.165) is 12.2 Å². The average molecular weight is 593 g/mol. The van der Waals surface area contributed by atoms with Crippen molar-refractivity contribution in [3.05, 3.63) is 0 Å². The molecule has 0 aromatic carbocycles. The fraction of sp³-hybridized carbons (Fsp3) is 1.00. The Balaban J connectivity index is 2.18. The molecule has 0 amide bonds. The van der Waals surface area contributed by atoms with Gasteiger partial charge in [-0.3, -0.25) is 0 Å². The standard InChI is InChI=1S/C39H76OS/c1-37(34-35-40)28-23-19-15-11-7-4-3-5-10-14-18-22-26-32-39(36-41,33-27-29-37)38(2)30-24-20-16-12-8-6-9-13-17-21-25-31-38/h40-41H,3-36H2,1-2H3. The molecule has 2 heteroatoms. The topological polar surface area (TPSA) is 20.2 Å². The quantitative estimate of drug-likeness (QED) is 0.311. The first-order valence-corrected chi connectivity index (χ1v) is 19.8. The predicted octanol–water partition coefficient (Wildman–Crippen LogP) is 13.4. The molecule has 0 heterocycles. The fourth-order valence-electron chi connectivity index (χ4n) is 8.81. The van der Waals surface area contributed by atoms with Gasteiger partial charge in [-0.2, -0.15) is 12.6 Å². The van der Waals surface area contributed by atoms with Crippen LogP contribution in [0.4, 0.5) is 0 Å². The van der Waals surface area contributed by atoms with E-state index in [1.54, 1.807) is 0 Å². The predicted molar refractivity (Wildman–Crippen MR) is 187 cm³/mol. The normalized spacial score (nSPS) is 31.0. The molecule has 0 aliphatic heterocycles. The highest BCUT2D eigenvalue weighted by Gasteiger charge is 2.45. The molecule has 0 saturated heterocycles. The minimum Gasteiger partial charge on any atom is -0.396 e. The Morgan fingerprint density at radius 1 is 0.415 bits per heavy atom. The second-order valence-corrected chi connectivity index (χ2v) is 15.9. The number of hydrogen-bond donors (Lipinski definition) is 2. The summed E-state index contributed by atoms with van der Waals surface area (Å²) in [7, 11) is 0. The maximum atomic E-state index is 10.00. The summed E-state index contributed by atoms with van der Waals surface area (Å²) in [6.45, 7) is 5.58. The second-order valence-electron chi connectivity index (χ2n) is 15.6. The zero-order valence-electron chi connectivity index (χ0n) is 28.4. The van der Waals surface area contributed by atoms with Crippen molar-refractivity contribution in [3.63, 3.8) is 0 Å². The van der Waals surface area contributed by atoms with Crippen molar-refractivity contribution >= 4 is 12.6 Å². The third kappa shape index (κ3) is 15.2. The first-order chi connectivity index (χ1) is 20.0. The number of aliphatic hydroxyl groups is 1. The molecule has 1 N–H and O–H groups in total. The van der Waals surface area contributed by atoms with E-state index in [-0.39, 0.29) is 0 Å². The molecule has 0 aromatic heterocycles. The summed E-state index contributed by atoms with van der Waals surface area (Å²) in [6.07, 6.45) is 45.0. The first-order valence-electron chi connectivity index (χ1n) is 19.2. The van der Waals surface area contributed by atoms with Crippen molar-refractivity contribution in [1.82, 2.24) is 0 Å². The lowest BCUT2D eigenvalue weighted by atomic mass is 9.56. The molecule has 2 rings (SSSR count). The molecule has 0 spiro atoms. The van der Waals surface area contributed by atoms with Crippen molar-refractivity contribution in [3.8, 4) is 0 Å². The third-order valence-corrected chi connectivity index (χ3v) is 12.7. The Morgan fingerprint density at radius 3 is 1.07 bits per heavy atom. The first kappa shape index (κ1) is 37.5. The Morgan fingerprint density at radius 2 is 0.707 bits per heavy atom. The van der Waals surface area contributed by atoms with Gasteiger partial charge < -0.3 is 5.11 Å². The third-order valence-electron chi connectivity index (χ3n) is 12.1. The molecule has 41 heavy (non-hydrogen) atoms. The van der Waals surface area contributed by atoms with Gasteiger partial charge in [0.05, 0.1) is 0 Å². The van der Waals surface area contributed by atoms with Crippen LogP contribution in [0.2, 0.25) is 0 Å². The molecule has 244 valence electrons. The summed E-state index contributed by atoms with van der Waals surface area (Å²) < 4.78 is 0.